The molecule has 8 heteroatoms. The average molecular weight is 367 g/mol. The molecule has 0 fully saturated rings. The van der Waals surface area contributed by atoms with E-state index in [1.807, 2.05) is 18.5 Å². The molecule has 0 aliphatic carbocycles. The van der Waals surface area contributed by atoms with E-state index in [-0.39, 0.29) is 5.91 Å². The lowest BCUT2D eigenvalue weighted by molar-refractivity contribution is 0.102. The Labute approximate surface area is 152 Å². The molecule has 0 bridgehead atoms. The fourth-order valence-corrected chi connectivity index (χ4v) is 3.33. The van der Waals surface area contributed by atoms with Crippen LogP contribution in [0.5, 0.6) is 0 Å². The van der Waals surface area contributed by atoms with Crippen LogP contribution < -0.4 is 5.32 Å². The van der Waals surface area contributed by atoms with Gasteiger partial charge >= 0.3 is 0 Å². The molecule has 4 rings (SSSR count). The minimum atomic E-state index is -0.505. The highest BCUT2D eigenvalue weighted by atomic mass is 32.1. The van der Waals surface area contributed by atoms with E-state index in [1.54, 1.807) is 35.9 Å². The molecule has 4 aromatic rings. The minimum Gasteiger partial charge on any atom is -0.306 e. The fourth-order valence-electron chi connectivity index (χ4n) is 2.65. The van der Waals surface area contributed by atoms with E-state index in [2.05, 4.69) is 20.3 Å². The van der Waals surface area contributed by atoms with Gasteiger partial charge in [0.15, 0.2) is 5.13 Å². The topological polar surface area (TPSA) is 72.2 Å². The van der Waals surface area contributed by atoms with E-state index >= 15 is 0 Å². The van der Waals surface area contributed by atoms with Gasteiger partial charge in [0.05, 0.1) is 11.3 Å². The Hall–Kier alpha value is -3.13. The molecular weight excluding hydrogens is 353 g/mol. The SMILES string of the molecule is Cc1csc(NC(=O)c2cc(-c3cnc(F)c(C)c3)cn3ccnc23)n1. The van der Waals surface area contributed by atoms with Crippen LogP contribution in [-0.4, -0.2) is 25.3 Å². The summed E-state index contributed by atoms with van der Waals surface area (Å²) in [5.41, 5.74) is 3.69. The number of hydrogen-bond donors (Lipinski definition) is 1. The number of aromatic nitrogens is 4. The fraction of sp³-hybridized carbons (Fsp3) is 0.111. The third-order valence-electron chi connectivity index (χ3n) is 3.92. The lowest BCUT2D eigenvalue weighted by Crippen LogP contribution is -2.13. The Bertz CT molecular complexity index is 1130. The molecule has 6 nitrogen and oxygen atoms in total. The number of amides is 1. The van der Waals surface area contributed by atoms with Crippen LogP contribution in [0, 0.1) is 19.8 Å². The van der Waals surface area contributed by atoms with Gasteiger partial charge in [-0.1, -0.05) is 0 Å². The van der Waals surface area contributed by atoms with Crippen LogP contribution in [0.15, 0.2) is 42.3 Å². The predicted molar refractivity (Wildman–Crippen MR) is 97.9 cm³/mol. The third kappa shape index (κ3) is 2.95. The van der Waals surface area contributed by atoms with Crippen molar-refractivity contribution in [1.82, 2.24) is 19.4 Å². The summed E-state index contributed by atoms with van der Waals surface area (Å²) in [4.78, 5) is 25.0. The number of anilines is 1. The van der Waals surface area contributed by atoms with Gasteiger partial charge in [0, 0.05) is 46.9 Å². The van der Waals surface area contributed by atoms with Crippen molar-refractivity contribution in [3.63, 3.8) is 0 Å². The molecule has 1 amide bonds. The summed E-state index contributed by atoms with van der Waals surface area (Å²) in [6.07, 6.45) is 6.66. The van der Waals surface area contributed by atoms with Crippen molar-refractivity contribution in [1.29, 1.82) is 0 Å². The second-order valence-electron chi connectivity index (χ2n) is 5.88. The van der Waals surface area contributed by atoms with Gasteiger partial charge in [-0.15, -0.1) is 11.3 Å². The maximum Gasteiger partial charge on any atom is 0.261 e. The highest BCUT2D eigenvalue weighted by molar-refractivity contribution is 7.13. The van der Waals surface area contributed by atoms with E-state index in [9.17, 15) is 9.18 Å². The Balaban J connectivity index is 1.79. The normalized spacial score (nSPS) is 11.0. The molecule has 0 saturated carbocycles. The van der Waals surface area contributed by atoms with Crippen molar-refractivity contribution < 1.29 is 9.18 Å². The zero-order valence-corrected chi connectivity index (χ0v) is 14.8. The minimum absolute atomic E-state index is 0.302. The molecule has 0 spiro atoms. The number of halogens is 1. The number of pyridine rings is 2. The van der Waals surface area contributed by atoms with Crippen LogP contribution in [0.4, 0.5) is 9.52 Å². The number of fused-ring (bicyclic) bond motifs is 1. The molecule has 0 aliphatic heterocycles. The van der Waals surface area contributed by atoms with Gasteiger partial charge in [0.1, 0.15) is 5.65 Å². The number of hydrogen-bond acceptors (Lipinski definition) is 5. The number of nitrogens with one attached hydrogen (secondary N) is 1. The summed E-state index contributed by atoms with van der Waals surface area (Å²) in [6.45, 7) is 3.52. The summed E-state index contributed by atoms with van der Waals surface area (Å²) in [5.74, 6) is -0.807. The first-order valence-electron chi connectivity index (χ1n) is 7.84. The molecule has 0 aliphatic rings. The number of carbonyl (C=O) groups excluding carboxylic acids is 1. The first kappa shape index (κ1) is 16.3. The Morgan fingerprint density at radius 2 is 2.08 bits per heavy atom. The molecule has 4 aromatic heterocycles. The lowest BCUT2D eigenvalue weighted by atomic mass is 10.1. The number of aryl methyl sites for hydroxylation is 2. The van der Waals surface area contributed by atoms with Crippen molar-refractivity contribution in [2.24, 2.45) is 0 Å². The van der Waals surface area contributed by atoms with Crippen molar-refractivity contribution in [2.75, 3.05) is 5.32 Å². The van der Waals surface area contributed by atoms with E-state index < -0.39 is 5.95 Å². The van der Waals surface area contributed by atoms with Crippen LogP contribution in [0.2, 0.25) is 0 Å². The standard InChI is InChI=1S/C18H14FN5OS/c1-10-5-12(7-21-15(10)19)13-6-14(16-20-3-4-24(16)8-13)17(25)23-18-22-11(2)9-26-18/h3-9H,1-2H3,(H,22,23,25). The van der Waals surface area contributed by atoms with Gasteiger partial charge in [-0.2, -0.15) is 4.39 Å². The maximum atomic E-state index is 13.5. The molecule has 0 atom stereocenters. The summed E-state index contributed by atoms with van der Waals surface area (Å²) in [5, 5.41) is 5.19. The average Bonchev–Trinajstić information content (AvgIpc) is 3.25. The highest BCUT2D eigenvalue weighted by Crippen LogP contribution is 2.25. The van der Waals surface area contributed by atoms with E-state index in [0.717, 1.165) is 16.8 Å². The molecule has 0 unspecified atom stereocenters. The summed E-state index contributed by atoms with van der Waals surface area (Å²) >= 11 is 1.36. The third-order valence-corrected chi connectivity index (χ3v) is 4.79. The summed E-state index contributed by atoms with van der Waals surface area (Å²) < 4.78 is 15.2. The van der Waals surface area contributed by atoms with E-state index in [0.29, 0.717) is 21.9 Å². The second-order valence-corrected chi connectivity index (χ2v) is 6.74. The molecule has 4 heterocycles. The maximum absolute atomic E-state index is 13.5. The van der Waals surface area contributed by atoms with Crippen LogP contribution in [0.25, 0.3) is 16.8 Å². The van der Waals surface area contributed by atoms with Gasteiger partial charge in [-0.3, -0.25) is 10.1 Å². The van der Waals surface area contributed by atoms with Gasteiger partial charge in [-0.05, 0) is 26.0 Å². The first-order valence-corrected chi connectivity index (χ1v) is 8.72. The monoisotopic (exact) mass is 367 g/mol. The van der Waals surface area contributed by atoms with Gasteiger partial charge < -0.3 is 4.40 Å². The number of nitrogens with zero attached hydrogens (tertiary/aromatic N) is 4. The molecule has 0 aromatic carbocycles. The lowest BCUT2D eigenvalue weighted by Gasteiger charge is -2.09. The van der Waals surface area contributed by atoms with Gasteiger partial charge in [-0.25, -0.2) is 15.0 Å². The Kier molecular flexibility index (Phi) is 3.96. The number of thiazole rings is 1. The quantitative estimate of drug-likeness (QED) is 0.558. The van der Waals surface area contributed by atoms with Crippen molar-refractivity contribution >= 4 is 28.0 Å². The van der Waals surface area contributed by atoms with Crippen molar-refractivity contribution in [3.8, 4) is 11.1 Å². The number of rotatable bonds is 3. The zero-order chi connectivity index (χ0) is 18.3. The molecule has 1 N–H and O–H groups in total. The van der Waals surface area contributed by atoms with Crippen LogP contribution in [-0.2, 0) is 0 Å². The van der Waals surface area contributed by atoms with Crippen molar-refractivity contribution in [3.05, 3.63) is 65.1 Å². The summed E-state index contributed by atoms with van der Waals surface area (Å²) in [7, 11) is 0. The second kappa shape index (κ2) is 6.30. The summed E-state index contributed by atoms with van der Waals surface area (Å²) in [6, 6.07) is 3.43. The molecule has 0 radical (unpaired) electrons. The smallest absolute Gasteiger partial charge is 0.261 e. The van der Waals surface area contributed by atoms with Crippen LogP contribution >= 0.6 is 11.3 Å². The molecule has 26 heavy (non-hydrogen) atoms. The zero-order valence-electron chi connectivity index (χ0n) is 14.0. The van der Waals surface area contributed by atoms with E-state index in [4.69, 9.17) is 0 Å². The number of imidazole rings is 1. The largest absolute Gasteiger partial charge is 0.306 e. The van der Waals surface area contributed by atoms with E-state index in [1.165, 1.54) is 17.5 Å². The van der Waals surface area contributed by atoms with Crippen molar-refractivity contribution in [2.45, 2.75) is 13.8 Å². The predicted octanol–water partition coefficient (Wildman–Crippen LogP) is 3.86. The first-order chi connectivity index (χ1) is 12.5. The Morgan fingerprint density at radius 1 is 1.23 bits per heavy atom. The van der Waals surface area contributed by atoms with Crippen LogP contribution in [0.1, 0.15) is 21.6 Å². The molecular formula is C18H14FN5OS. The highest BCUT2D eigenvalue weighted by Gasteiger charge is 2.16. The molecule has 130 valence electrons. The van der Waals surface area contributed by atoms with Gasteiger partial charge in [0.25, 0.3) is 5.91 Å². The molecule has 0 saturated heterocycles. The van der Waals surface area contributed by atoms with Gasteiger partial charge in [0.2, 0.25) is 5.95 Å². The number of carbonyl (C=O) groups is 1. The van der Waals surface area contributed by atoms with Crippen LogP contribution in [0.3, 0.4) is 0 Å². The Morgan fingerprint density at radius 3 is 2.81 bits per heavy atom.